The molecule has 0 aliphatic carbocycles. The van der Waals surface area contributed by atoms with Crippen LogP contribution in [0.25, 0.3) is 0 Å². The van der Waals surface area contributed by atoms with E-state index in [1.807, 2.05) is 30.3 Å². The molecule has 0 bridgehead atoms. The largest absolute Gasteiger partial charge is 0.493 e. The second kappa shape index (κ2) is 9.50. The maximum Gasteiger partial charge on any atom is 0.191 e. The molecular weight excluding hydrogens is 378 g/mol. The van der Waals surface area contributed by atoms with Crippen molar-refractivity contribution in [1.82, 2.24) is 15.6 Å². The van der Waals surface area contributed by atoms with Gasteiger partial charge >= 0.3 is 0 Å². The van der Waals surface area contributed by atoms with E-state index in [0.29, 0.717) is 17.3 Å². The zero-order chi connectivity index (χ0) is 19.9. The second-order valence-corrected chi connectivity index (χ2v) is 6.87. The summed E-state index contributed by atoms with van der Waals surface area (Å²) in [4.78, 5) is 10.9. The lowest BCUT2D eigenvalue weighted by atomic mass is 10.2. The molecule has 2 N–H and O–H groups in total. The van der Waals surface area contributed by atoms with Crippen molar-refractivity contribution in [3.63, 3.8) is 0 Å². The fourth-order valence-electron chi connectivity index (χ4n) is 3.34. The summed E-state index contributed by atoms with van der Waals surface area (Å²) in [5, 5.41) is 7.50. The molecule has 8 heteroatoms. The molecule has 150 valence electrons. The Morgan fingerprint density at radius 3 is 2.86 bits per heavy atom. The third-order valence-corrected chi connectivity index (χ3v) is 5.02. The van der Waals surface area contributed by atoms with Crippen LogP contribution in [0.5, 0.6) is 11.5 Å². The first-order chi connectivity index (χ1) is 13.7. The number of benzene rings is 1. The van der Waals surface area contributed by atoms with Gasteiger partial charge in [0.1, 0.15) is 5.82 Å². The molecule has 2 aromatic rings. The molecule has 1 unspecified atom stereocenters. The maximum atomic E-state index is 6.27. The van der Waals surface area contributed by atoms with Gasteiger partial charge in [0, 0.05) is 44.5 Å². The smallest absolute Gasteiger partial charge is 0.191 e. The van der Waals surface area contributed by atoms with Gasteiger partial charge in [0.15, 0.2) is 17.5 Å². The van der Waals surface area contributed by atoms with E-state index in [1.54, 1.807) is 27.5 Å². The molecule has 1 aromatic heterocycles. The summed E-state index contributed by atoms with van der Waals surface area (Å²) in [6, 6.07) is 9.80. The van der Waals surface area contributed by atoms with Gasteiger partial charge in [-0.1, -0.05) is 23.7 Å². The topological polar surface area (TPSA) is 71.0 Å². The monoisotopic (exact) mass is 403 g/mol. The zero-order valence-electron chi connectivity index (χ0n) is 16.4. The zero-order valence-corrected chi connectivity index (χ0v) is 17.2. The highest BCUT2D eigenvalue weighted by atomic mass is 35.5. The summed E-state index contributed by atoms with van der Waals surface area (Å²) in [6.07, 6.45) is 2.75. The Bertz CT molecular complexity index is 830. The number of guanidine groups is 1. The first-order valence-electron chi connectivity index (χ1n) is 9.18. The highest BCUT2D eigenvalue weighted by Gasteiger charge is 2.25. The van der Waals surface area contributed by atoms with Crippen molar-refractivity contribution in [2.24, 2.45) is 4.99 Å². The van der Waals surface area contributed by atoms with E-state index >= 15 is 0 Å². The first-order valence-corrected chi connectivity index (χ1v) is 9.56. The van der Waals surface area contributed by atoms with Crippen LogP contribution < -0.4 is 25.0 Å². The third-order valence-electron chi connectivity index (χ3n) is 4.72. The van der Waals surface area contributed by atoms with E-state index in [4.69, 9.17) is 21.1 Å². The van der Waals surface area contributed by atoms with Crippen molar-refractivity contribution in [2.75, 3.05) is 39.3 Å². The second-order valence-electron chi connectivity index (χ2n) is 6.46. The number of halogens is 1. The van der Waals surface area contributed by atoms with Gasteiger partial charge in [-0.25, -0.2) is 4.98 Å². The molecule has 0 radical (unpaired) electrons. The van der Waals surface area contributed by atoms with E-state index in [-0.39, 0.29) is 6.04 Å². The summed E-state index contributed by atoms with van der Waals surface area (Å²) in [6.45, 7) is 2.29. The molecule has 1 saturated heterocycles. The van der Waals surface area contributed by atoms with Gasteiger partial charge in [-0.15, -0.1) is 0 Å². The molecule has 1 fully saturated rings. The Hall–Kier alpha value is -2.67. The number of rotatable bonds is 6. The molecule has 3 rings (SSSR count). The lowest BCUT2D eigenvalue weighted by molar-refractivity contribution is 0.351. The number of aliphatic imine (C=N–C) groups is 1. The van der Waals surface area contributed by atoms with E-state index < -0.39 is 0 Å². The lowest BCUT2D eigenvalue weighted by Crippen LogP contribution is -2.44. The minimum Gasteiger partial charge on any atom is -0.493 e. The normalized spacial score (nSPS) is 16.8. The van der Waals surface area contributed by atoms with Gasteiger partial charge in [0.05, 0.1) is 19.2 Å². The van der Waals surface area contributed by atoms with E-state index in [0.717, 1.165) is 42.6 Å². The van der Waals surface area contributed by atoms with Gasteiger partial charge in [0.25, 0.3) is 0 Å². The number of aromatic nitrogens is 1. The minimum atomic E-state index is 0.261. The van der Waals surface area contributed by atoms with E-state index in [1.165, 1.54) is 0 Å². The Balaban J connectivity index is 1.58. The molecule has 1 aliphatic heterocycles. The predicted molar refractivity (Wildman–Crippen MR) is 113 cm³/mol. The quantitative estimate of drug-likeness (QED) is 0.570. The highest BCUT2D eigenvalue weighted by molar-refractivity contribution is 6.32. The fourth-order valence-corrected chi connectivity index (χ4v) is 3.58. The minimum absolute atomic E-state index is 0.261. The van der Waals surface area contributed by atoms with Crippen molar-refractivity contribution in [3.05, 3.63) is 47.1 Å². The summed E-state index contributed by atoms with van der Waals surface area (Å²) in [5.74, 6) is 3.01. The SMILES string of the molecule is CN=C(NCc1cccc(OC)c1OC)NC1CCN(c2ncccc2Cl)C1. The van der Waals surface area contributed by atoms with Gasteiger partial charge in [0.2, 0.25) is 0 Å². The molecule has 0 amide bonds. The number of hydrogen-bond acceptors (Lipinski definition) is 5. The Morgan fingerprint density at radius 2 is 2.14 bits per heavy atom. The van der Waals surface area contributed by atoms with Crippen LogP contribution in [0, 0.1) is 0 Å². The predicted octanol–water partition coefficient (Wildman–Crippen LogP) is 2.70. The molecular formula is C20H26ClN5O2. The van der Waals surface area contributed by atoms with Crippen molar-refractivity contribution >= 4 is 23.4 Å². The standard InChI is InChI=1S/C20H26ClN5O2/c1-22-20(24-12-14-6-4-8-17(27-2)18(14)28-3)25-15-9-11-26(13-15)19-16(21)7-5-10-23-19/h4-8,10,15H,9,11-13H2,1-3H3,(H2,22,24,25). The molecule has 28 heavy (non-hydrogen) atoms. The van der Waals surface area contributed by atoms with Crippen molar-refractivity contribution in [3.8, 4) is 11.5 Å². The number of hydrogen-bond donors (Lipinski definition) is 2. The number of nitrogens with one attached hydrogen (secondary N) is 2. The number of nitrogens with zero attached hydrogens (tertiary/aromatic N) is 3. The molecule has 1 aromatic carbocycles. The summed E-state index contributed by atoms with van der Waals surface area (Å²) in [7, 11) is 5.04. The van der Waals surface area contributed by atoms with E-state index in [2.05, 4.69) is 25.5 Å². The molecule has 2 heterocycles. The van der Waals surface area contributed by atoms with Crippen LogP contribution in [0.2, 0.25) is 5.02 Å². The van der Waals surface area contributed by atoms with Crippen LogP contribution in [0.4, 0.5) is 5.82 Å². The van der Waals surface area contributed by atoms with Crippen molar-refractivity contribution in [2.45, 2.75) is 19.0 Å². The van der Waals surface area contributed by atoms with Gasteiger partial charge in [-0.05, 0) is 24.6 Å². The molecule has 1 atom stereocenters. The van der Waals surface area contributed by atoms with E-state index in [9.17, 15) is 0 Å². The first kappa shape index (κ1) is 20.1. The average Bonchev–Trinajstić information content (AvgIpc) is 3.19. The fraction of sp³-hybridized carbons (Fsp3) is 0.400. The lowest BCUT2D eigenvalue weighted by Gasteiger charge is -2.20. The van der Waals surface area contributed by atoms with Crippen molar-refractivity contribution in [1.29, 1.82) is 0 Å². The Morgan fingerprint density at radius 1 is 1.29 bits per heavy atom. The maximum absolute atomic E-state index is 6.27. The Kier molecular flexibility index (Phi) is 6.81. The van der Waals surface area contributed by atoms with Crippen LogP contribution in [-0.2, 0) is 6.54 Å². The van der Waals surface area contributed by atoms with Crippen molar-refractivity contribution < 1.29 is 9.47 Å². The Labute approximate surface area is 170 Å². The van der Waals surface area contributed by atoms with Crippen LogP contribution in [0.1, 0.15) is 12.0 Å². The summed E-state index contributed by atoms with van der Waals surface area (Å²) < 4.78 is 10.8. The number of ether oxygens (including phenoxy) is 2. The van der Waals surface area contributed by atoms with Crippen LogP contribution >= 0.6 is 11.6 Å². The average molecular weight is 404 g/mol. The van der Waals surface area contributed by atoms with Crippen LogP contribution in [0.15, 0.2) is 41.5 Å². The summed E-state index contributed by atoms with van der Waals surface area (Å²) >= 11 is 6.27. The summed E-state index contributed by atoms with van der Waals surface area (Å²) in [5.41, 5.74) is 0.998. The molecule has 1 aliphatic rings. The van der Waals surface area contributed by atoms with Gasteiger partial charge < -0.3 is 25.0 Å². The van der Waals surface area contributed by atoms with Gasteiger partial charge in [-0.2, -0.15) is 0 Å². The number of pyridine rings is 1. The molecule has 0 spiro atoms. The third kappa shape index (κ3) is 4.59. The van der Waals surface area contributed by atoms with Gasteiger partial charge in [-0.3, -0.25) is 4.99 Å². The molecule has 0 saturated carbocycles. The number of para-hydroxylation sites is 1. The molecule has 7 nitrogen and oxygen atoms in total. The number of methoxy groups -OCH3 is 2. The number of anilines is 1. The van der Waals surface area contributed by atoms with Crippen LogP contribution in [-0.4, -0.2) is 51.3 Å². The highest BCUT2D eigenvalue weighted by Crippen LogP contribution is 2.30. The van der Waals surface area contributed by atoms with Crippen LogP contribution in [0.3, 0.4) is 0 Å².